The van der Waals surface area contributed by atoms with Gasteiger partial charge >= 0.3 is 7.60 Å². The molecule has 2 N–H and O–H groups in total. The first-order valence-corrected chi connectivity index (χ1v) is 4.51. The third-order valence-electron chi connectivity index (χ3n) is 0.626. The second-order valence-corrected chi connectivity index (χ2v) is 3.68. The number of hydrogen-bond acceptors (Lipinski definition) is 2. The molecule has 0 aromatic heterocycles. The van der Waals surface area contributed by atoms with E-state index in [2.05, 4.69) is 4.74 Å². The van der Waals surface area contributed by atoms with E-state index in [1.54, 1.807) is 6.92 Å². The molecule has 0 amide bonds. The zero-order valence-corrected chi connectivity index (χ0v) is 6.97. The van der Waals surface area contributed by atoms with Gasteiger partial charge in [0.1, 0.15) is 6.26 Å². The lowest BCUT2D eigenvalue weighted by Crippen LogP contribution is -1.81. The van der Waals surface area contributed by atoms with E-state index >= 15 is 0 Å². The minimum absolute atomic E-state index is 0.330. The predicted molar refractivity (Wildman–Crippen MR) is 37.6 cm³/mol. The van der Waals surface area contributed by atoms with Crippen LogP contribution >= 0.6 is 19.2 Å². The third kappa shape index (κ3) is 3.90. The van der Waals surface area contributed by atoms with Crippen LogP contribution < -0.4 is 0 Å². The fraction of sp³-hybridized carbons (Fsp3) is 0.500. The lowest BCUT2D eigenvalue weighted by Gasteiger charge is -2.00. The first kappa shape index (κ1) is 9.98. The van der Waals surface area contributed by atoms with Crippen LogP contribution in [0.2, 0.25) is 0 Å². The summed E-state index contributed by atoms with van der Waals surface area (Å²) in [6.07, 6.45) is 0.850. The molecule has 0 aromatic rings. The molecule has 0 unspecified atom stereocenters. The van der Waals surface area contributed by atoms with Crippen LogP contribution in [0.1, 0.15) is 6.92 Å². The standard InChI is InChI=1S/C4H8ClO4P/c1-2-9-3-4(5)10(6,7)8/h3H,2H2,1H3,(H2,6,7,8). The Kier molecular flexibility index (Phi) is 3.98. The molecule has 0 bridgehead atoms. The normalized spacial score (nSPS) is 13.4. The van der Waals surface area contributed by atoms with Gasteiger partial charge in [-0.25, -0.2) is 0 Å². The minimum atomic E-state index is -4.28. The minimum Gasteiger partial charge on any atom is -0.500 e. The Balaban J connectivity index is 4.07. The van der Waals surface area contributed by atoms with Crippen LogP contribution in [0.3, 0.4) is 0 Å². The summed E-state index contributed by atoms with van der Waals surface area (Å²) >= 11 is 5.11. The smallest absolute Gasteiger partial charge is 0.370 e. The van der Waals surface area contributed by atoms with E-state index in [0.717, 1.165) is 6.26 Å². The molecule has 0 saturated heterocycles. The average Bonchev–Trinajstić information content (AvgIpc) is 1.80. The van der Waals surface area contributed by atoms with Crippen LogP contribution in [0.15, 0.2) is 11.0 Å². The van der Waals surface area contributed by atoms with E-state index in [0.29, 0.717) is 6.61 Å². The maximum Gasteiger partial charge on any atom is 0.370 e. The first-order valence-electron chi connectivity index (χ1n) is 2.52. The van der Waals surface area contributed by atoms with Crippen molar-refractivity contribution in [1.82, 2.24) is 0 Å². The fourth-order valence-corrected chi connectivity index (χ4v) is 0.496. The van der Waals surface area contributed by atoms with E-state index in [4.69, 9.17) is 21.4 Å². The van der Waals surface area contributed by atoms with Gasteiger partial charge in [0, 0.05) is 0 Å². The topological polar surface area (TPSA) is 66.8 Å². The maximum atomic E-state index is 10.3. The monoisotopic (exact) mass is 186 g/mol. The van der Waals surface area contributed by atoms with E-state index < -0.39 is 12.4 Å². The third-order valence-corrected chi connectivity index (χ3v) is 2.04. The quantitative estimate of drug-likeness (QED) is 0.514. The van der Waals surface area contributed by atoms with Gasteiger partial charge in [-0.15, -0.1) is 0 Å². The highest BCUT2D eigenvalue weighted by Crippen LogP contribution is 2.47. The SMILES string of the molecule is CCOC=C(Cl)P(=O)(O)O. The zero-order valence-electron chi connectivity index (χ0n) is 5.32. The summed E-state index contributed by atoms with van der Waals surface area (Å²) in [4.78, 5) is 16.7. The van der Waals surface area contributed by atoms with Crippen LogP contribution in [0, 0.1) is 0 Å². The van der Waals surface area contributed by atoms with Crippen molar-refractivity contribution in [1.29, 1.82) is 0 Å². The Morgan fingerprint density at radius 2 is 2.30 bits per heavy atom. The van der Waals surface area contributed by atoms with Crippen molar-refractivity contribution in [2.45, 2.75) is 6.92 Å². The summed E-state index contributed by atoms with van der Waals surface area (Å²) in [5, 5.41) is 0. The van der Waals surface area contributed by atoms with Crippen molar-refractivity contribution in [3.05, 3.63) is 11.0 Å². The Hall–Kier alpha value is -0.0200. The fourth-order valence-electron chi connectivity index (χ4n) is 0.221. The summed E-state index contributed by atoms with van der Waals surface area (Å²) in [7, 11) is -4.28. The highest BCUT2D eigenvalue weighted by molar-refractivity contribution is 7.59. The second kappa shape index (κ2) is 3.98. The molecule has 10 heavy (non-hydrogen) atoms. The molecule has 0 rings (SSSR count). The number of hydrogen-bond donors (Lipinski definition) is 2. The molecule has 4 nitrogen and oxygen atoms in total. The molecule has 6 heteroatoms. The average molecular weight is 187 g/mol. The van der Waals surface area contributed by atoms with Gasteiger partial charge in [-0.2, -0.15) is 0 Å². The number of ether oxygens (including phenoxy) is 1. The molecular weight excluding hydrogens is 178 g/mol. The summed E-state index contributed by atoms with van der Waals surface area (Å²) in [5.74, 6) is 0. The lowest BCUT2D eigenvalue weighted by atomic mass is 10.9. The van der Waals surface area contributed by atoms with E-state index in [-0.39, 0.29) is 0 Å². The van der Waals surface area contributed by atoms with Crippen LogP contribution in [-0.2, 0) is 9.30 Å². The van der Waals surface area contributed by atoms with Crippen molar-refractivity contribution < 1.29 is 19.1 Å². The van der Waals surface area contributed by atoms with Crippen molar-refractivity contribution in [3.8, 4) is 0 Å². The summed E-state index contributed by atoms with van der Waals surface area (Å²) < 4.78 is 14.2. The van der Waals surface area contributed by atoms with E-state index in [9.17, 15) is 4.57 Å². The molecule has 0 atom stereocenters. The number of halogens is 1. The van der Waals surface area contributed by atoms with Gasteiger partial charge in [-0.1, -0.05) is 11.6 Å². The predicted octanol–water partition coefficient (Wildman–Crippen LogP) is 1.24. The summed E-state index contributed by atoms with van der Waals surface area (Å²) in [5.41, 5.74) is 0. The Morgan fingerprint density at radius 1 is 1.80 bits per heavy atom. The van der Waals surface area contributed by atoms with Crippen molar-refractivity contribution in [3.63, 3.8) is 0 Å². The Labute approximate surface area is 63.6 Å². The molecule has 0 aliphatic carbocycles. The molecule has 60 valence electrons. The first-order chi connectivity index (χ1) is 4.48. The van der Waals surface area contributed by atoms with Gasteiger partial charge in [-0.05, 0) is 6.92 Å². The zero-order chi connectivity index (χ0) is 8.20. The Morgan fingerprint density at radius 3 is 2.60 bits per heavy atom. The van der Waals surface area contributed by atoms with Crippen molar-refractivity contribution in [2.75, 3.05) is 6.61 Å². The van der Waals surface area contributed by atoms with Crippen molar-refractivity contribution >= 4 is 19.2 Å². The molecule has 0 saturated carbocycles. The molecule has 0 aliphatic rings. The van der Waals surface area contributed by atoms with E-state index in [1.807, 2.05) is 0 Å². The molecular formula is C4H8ClO4P. The molecule has 0 fully saturated rings. The highest BCUT2D eigenvalue weighted by Gasteiger charge is 2.18. The molecule has 0 spiro atoms. The van der Waals surface area contributed by atoms with E-state index in [1.165, 1.54) is 0 Å². The molecule has 0 aliphatic heterocycles. The molecule has 0 heterocycles. The maximum absolute atomic E-state index is 10.3. The highest BCUT2D eigenvalue weighted by atomic mass is 35.5. The second-order valence-electron chi connectivity index (χ2n) is 1.44. The van der Waals surface area contributed by atoms with Gasteiger partial charge in [0.2, 0.25) is 0 Å². The van der Waals surface area contributed by atoms with Gasteiger partial charge in [0.15, 0.2) is 4.77 Å². The largest absolute Gasteiger partial charge is 0.500 e. The Bertz CT molecular complexity index is 172. The van der Waals surface area contributed by atoms with Crippen LogP contribution in [0.5, 0.6) is 0 Å². The summed E-state index contributed by atoms with van der Waals surface area (Å²) in [6.45, 7) is 2.01. The van der Waals surface area contributed by atoms with Crippen LogP contribution in [-0.4, -0.2) is 16.4 Å². The van der Waals surface area contributed by atoms with Crippen LogP contribution in [0.25, 0.3) is 0 Å². The van der Waals surface area contributed by atoms with Gasteiger partial charge < -0.3 is 14.5 Å². The van der Waals surface area contributed by atoms with Gasteiger partial charge in [0.25, 0.3) is 0 Å². The van der Waals surface area contributed by atoms with Crippen LogP contribution in [0.4, 0.5) is 0 Å². The van der Waals surface area contributed by atoms with Gasteiger partial charge in [0.05, 0.1) is 6.61 Å². The summed E-state index contributed by atoms with van der Waals surface area (Å²) in [6, 6.07) is 0. The molecule has 0 aromatic carbocycles. The van der Waals surface area contributed by atoms with Gasteiger partial charge in [-0.3, -0.25) is 4.57 Å². The number of rotatable bonds is 3. The van der Waals surface area contributed by atoms with Crippen molar-refractivity contribution in [2.24, 2.45) is 0 Å². The molecule has 0 radical (unpaired) electrons. The lowest BCUT2D eigenvalue weighted by molar-refractivity contribution is 0.267.